The lowest BCUT2D eigenvalue weighted by Crippen LogP contribution is -2.55. The van der Waals surface area contributed by atoms with Gasteiger partial charge in [-0.3, -0.25) is 14.4 Å². The van der Waals surface area contributed by atoms with Crippen LogP contribution in [0.2, 0.25) is 0 Å². The normalized spacial score (nSPS) is 11.3. The van der Waals surface area contributed by atoms with E-state index in [2.05, 4.69) is 15.6 Å². The van der Waals surface area contributed by atoms with Crippen LogP contribution in [0.4, 0.5) is 0 Å². The Morgan fingerprint density at radius 1 is 1.20 bits per heavy atom. The summed E-state index contributed by atoms with van der Waals surface area (Å²) < 4.78 is 0. The Balaban J connectivity index is 2.07. The topological polar surface area (TPSA) is 117 Å². The number of fused-ring (bicyclic) bond motifs is 1. The van der Waals surface area contributed by atoms with Crippen molar-refractivity contribution in [2.24, 2.45) is 5.73 Å². The number of pyridine rings is 1. The van der Waals surface area contributed by atoms with Gasteiger partial charge in [-0.15, -0.1) is 0 Å². The molecule has 0 spiro atoms. The first kappa shape index (κ1) is 18.7. The largest absolute Gasteiger partial charge is 0.360 e. The first-order valence-corrected chi connectivity index (χ1v) is 8.36. The lowest BCUT2D eigenvalue weighted by atomic mass is 9.93. The maximum atomic E-state index is 12.4. The second-order valence-electron chi connectivity index (χ2n) is 6.00. The van der Waals surface area contributed by atoms with Gasteiger partial charge in [-0.25, -0.2) is 0 Å². The number of aromatic amines is 1. The fraction of sp³-hybridized carbons (Fsp3) is 0.389. The molecule has 7 nitrogen and oxygen atoms in total. The Kier molecular flexibility index (Phi) is 5.93. The van der Waals surface area contributed by atoms with Crippen LogP contribution in [0.1, 0.15) is 37.0 Å². The van der Waals surface area contributed by atoms with E-state index in [-0.39, 0.29) is 23.4 Å². The number of benzene rings is 1. The smallest absolute Gasteiger partial charge is 0.257 e. The van der Waals surface area contributed by atoms with Crippen molar-refractivity contribution in [2.75, 3.05) is 13.1 Å². The third-order valence-electron chi connectivity index (χ3n) is 4.59. The molecule has 134 valence electrons. The lowest BCUT2D eigenvalue weighted by molar-refractivity contribution is -0.122. The molecule has 0 fully saturated rings. The van der Waals surface area contributed by atoms with Crippen molar-refractivity contribution >= 4 is 22.7 Å². The van der Waals surface area contributed by atoms with Gasteiger partial charge in [0.1, 0.15) is 5.56 Å². The third-order valence-corrected chi connectivity index (χ3v) is 4.59. The maximum absolute atomic E-state index is 12.4. The van der Waals surface area contributed by atoms with Crippen LogP contribution in [-0.4, -0.2) is 35.4 Å². The molecule has 2 rings (SSSR count). The fourth-order valence-electron chi connectivity index (χ4n) is 2.70. The van der Waals surface area contributed by atoms with Crippen LogP contribution in [-0.2, 0) is 4.79 Å². The minimum atomic E-state index is -0.589. The van der Waals surface area contributed by atoms with Gasteiger partial charge in [0.05, 0.1) is 12.1 Å². The molecule has 0 unspecified atom stereocenters. The Morgan fingerprint density at radius 2 is 1.88 bits per heavy atom. The van der Waals surface area contributed by atoms with Crippen molar-refractivity contribution in [3.63, 3.8) is 0 Å². The quantitative estimate of drug-likeness (QED) is 0.597. The van der Waals surface area contributed by atoms with Gasteiger partial charge in [-0.05, 0) is 25.0 Å². The molecule has 25 heavy (non-hydrogen) atoms. The van der Waals surface area contributed by atoms with E-state index in [0.29, 0.717) is 30.3 Å². The van der Waals surface area contributed by atoms with Gasteiger partial charge in [0.15, 0.2) is 0 Å². The molecule has 0 aliphatic carbocycles. The van der Waals surface area contributed by atoms with Crippen LogP contribution in [0.3, 0.4) is 0 Å². The Morgan fingerprint density at radius 3 is 2.52 bits per heavy atom. The van der Waals surface area contributed by atoms with Crippen molar-refractivity contribution in [1.29, 1.82) is 0 Å². The summed E-state index contributed by atoms with van der Waals surface area (Å²) in [5.74, 6) is -0.923. The second-order valence-corrected chi connectivity index (χ2v) is 6.00. The molecule has 5 N–H and O–H groups in total. The van der Waals surface area contributed by atoms with E-state index in [4.69, 9.17) is 5.73 Å². The molecular formula is C18H24N4O3. The average Bonchev–Trinajstić information content (AvgIpc) is 2.65. The number of amides is 2. The number of nitrogens with two attached hydrogens (primary N) is 1. The zero-order chi connectivity index (χ0) is 18.4. The van der Waals surface area contributed by atoms with Crippen LogP contribution < -0.4 is 21.8 Å². The number of H-pyrrole nitrogens is 1. The van der Waals surface area contributed by atoms with E-state index < -0.39 is 11.4 Å². The van der Waals surface area contributed by atoms with E-state index >= 15 is 0 Å². The third kappa shape index (κ3) is 4.06. The molecule has 2 aromatic rings. The molecule has 0 radical (unpaired) electrons. The number of carbonyl (C=O) groups is 2. The van der Waals surface area contributed by atoms with Crippen LogP contribution in [0.5, 0.6) is 0 Å². The van der Waals surface area contributed by atoms with Crippen LogP contribution >= 0.6 is 0 Å². The molecule has 1 heterocycles. The van der Waals surface area contributed by atoms with Gasteiger partial charge in [0.2, 0.25) is 11.3 Å². The monoisotopic (exact) mass is 344 g/mol. The number of carbonyl (C=O) groups excluding carboxylic acids is 2. The van der Waals surface area contributed by atoms with E-state index in [1.165, 1.54) is 6.20 Å². The van der Waals surface area contributed by atoms with Gasteiger partial charge >= 0.3 is 0 Å². The fourth-order valence-corrected chi connectivity index (χ4v) is 2.70. The van der Waals surface area contributed by atoms with Crippen molar-refractivity contribution in [1.82, 2.24) is 15.6 Å². The van der Waals surface area contributed by atoms with Crippen molar-refractivity contribution < 1.29 is 9.59 Å². The molecule has 1 aromatic carbocycles. The van der Waals surface area contributed by atoms with Crippen LogP contribution in [0.25, 0.3) is 10.9 Å². The standard InChI is InChI=1S/C18H24N4O3/c1-3-18(4-2,11-19)22-15(23)10-21-17(25)13-9-20-14-8-6-5-7-12(14)16(13)24/h5-9H,3-4,10-11,19H2,1-2H3,(H,20,24)(H,21,25)(H,22,23). The highest BCUT2D eigenvalue weighted by atomic mass is 16.2. The van der Waals surface area contributed by atoms with Gasteiger partial charge in [-0.1, -0.05) is 26.0 Å². The first-order valence-electron chi connectivity index (χ1n) is 8.36. The summed E-state index contributed by atoms with van der Waals surface area (Å²) in [6.45, 7) is 4.00. The SMILES string of the molecule is CCC(CC)(CN)NC(=O)CNC(=O)c1c[nH]c2ccccc2c1=O. The maximum Gasteiger partial charge on any atom is 0.257 e. The molecular weight excluding hydrogens is 320 g/mol. The highest BCUT2D eigenvalue weighted by molar-refractivity contribution is 5.98. The van der Waals surface area contributed by atoms with E-state index in [1.807, 2.05) is 13.8 Å². The summed E-state index contributed by atoms with van der Waals surface area (Å²) in [4.78, 5) is 39.7. The van der Waals surface area contributed by atoms with E-state index in [0.717, 1.165) is 0 Å². The highest BCUT2D eigenvalue weighted by Crippen LogP contribution is 2.12. The van der Waals surface area contributed by atoms with Crippen molar-refractivity contribution in [2.45, 2.75) is 32.2 Å². The minimum Gasteiger partial charge on any atom is -0.360 e. The molecule has 7 heteroatoms. The molecule has 0 atom stereocenters. The summed E-state index contributed by atoms with van der Waals surface area (Å²) in [5.41, 5.74) is 5.54. The number of hydrogen-bond acceptors (Lipinski definition) is 4. The highest BCUT2D eigenvalue weighted by Gasteiger charge is 2.26. The van der Waals surface area contributed by atoms with E-state index in [9.17, 15) is 14.4 Å². The lowest BCUT2D eigenvalue weighted by Gasteiger charge is -2.31. The number of nitrogens with one attached hydrogen (secondary N) is 3. The molecule has 1 aromatic heterocycles. The second kappa shape index (κ2) is 7.94. The average molecular weight is 344 g/mol. The van der Waals surface area contributed by atoms with Gasteiger partial charge < -0.3 is 21.4 Å². The molecule has 0 bridgehead atoms. The number of rotatable bonds is 7. The van der Waals surface area contributed by atoms with Crippen molar-refractivity contribution in [3.8, 4) is 0 Å². The van der Waals surface area contributed by atoms with Crippen molar-refractivity contribution in [3.05, 3.63) is 46.2 Å². The molecule has 0 aliphatic rings. The van der Waals surface area contributed by atoms with Crippen LogP contribution in [0, 0.1) is 0 Å². The summed E-state index contributed by atoms with van der Waals surface area (Å²) in [6.07, 6.45) is 2.76. The molecule has 0 saturated carbocycles. The van der Waals surface area contributed by atoms with Gasteiger partial charge in [0, 0.05) is 23.6 Å². The molecule has 2 amide bonds. The summed E-state index contributed by atoms with van der Waals surface area (Å²) >= 11 is 0. The summed E-state index contributed by atoms with van der Waals surface area (Å²) in [6, 6.07) is 6.94. The van der Waals surface area contributed by atoms with Crippen LogP contribution in [0.15, 0.2) is 35.3 Å². The van der Waals surface area contributed by atoms with E-state index in [1.54, 1.807) is 24.3 Å². The van der Waals surface area contributed by atoms with Gasteiger partial charge in [0.25, 0.3) is 5.91 Å². The summed E-state index contributed by atoms with van der Waals surface area (Å²) in [5, 5.41) is 5.78. The zero-order valence-electron chi connectivity index (χ0n) is 14.5. The Labute approximate surface area is 146 Å². The Hall–Kier alpha value is -2.67. The zero-order valence-corrected chi connectivity index (χ0v) is 14.5. The number of aromatic nitrogens is 1. The first-order chi connectivity index (χ1) is 12.0. The predicted octanol–water partition coefficient (Wildman–Crippen LogP) is 0.892. The Bertz CT molecular complexity index is 816. The minimum absolute atomic E-state index is 0.0254. The predicted molar refractivity (Wildman–Crippen MR) is 97.4 cm³/mol. The number of hydrogen-bond donors (Lipinski definition) is 4. The van der Waals surface area contributed by atoms with Gasteiger partial charge in [-0.2, -0.15) is 0 Å². The summed E-state index contributed by atoms with van der Waals surface area (Å²) in [7, 11) is 0. The molecule has 0 aliphatic heterocycles. The molecule has 0 saturated heterocycles. The number of para-hydroxylation sites is 1.